The lowest BCUT2D eigenvalue weighted by Crippen LogP contribution is -2.56. The molecule has 2 atom stereocenters. The molecule has 1 aromatic rings. The number of carbonyl (C=O) groups excluding carboxylic acids is 2. The van der Waals surface area contributed by atoms with Gasteiger partial charge >= 0.3 is 0 Å². The van der Waals surface area contributed by atoms with Crippen LogP contribution in [0.15, 0.2) is 18.2 Å². The van der Waals surface area contributed by atoms with Crippen LogP contribution in [0.3, 0.4) is 0 Å². The zero-order chi connectivity index (χ0) is 18.2. The van der Waals surface area contributed by atoms with Gasteiger partial charge in [0.05, 0.1) is 25.7 Å². The van der Waals surface area contributed by atoms with Gasteiger partial charge in [-0.05, 0) is 30.5 Å². The van der Waals surface area contributed by atoms with Gasteiger partial charge in [-0.3, -0.25) is 14.5 Å². The molecule has 6 nitrogen and oxygen atoms in total. The molecule has 2 fully saturated rings. The Balaban J connectivity index is 2.17. The molecule has 1 saturated carbocycles. The highest BCUT2D eigenvalue weighted by molar-refractivity contribution is 6.04. The number of benzene rings is 1. The largest absolute Gasteiger partial charge is 0.493 e. The fraction of sp³-hybridized carbons (Fsp3) is 0.526. The second-order valence-corrected chi connectivity index (χ2v) is 6.76. The van der Waals surface area contributed by atoms with Crippen molar-refractivity contribution in [2.75, 3.05) is 21.3 Å². The van der Waals surface area contributed by atoms with Gasteiger partial charge in [-0.1, -0.05) is 18.9 Å². The summed E-state index contributed by atoms with van der Waals surface area (Å²) in [4.78, 5) is 26.8. The fourth-order valence-electron chi connectivity index (χ4n) is 4.46. The van der Waals surface area contributed by atoms with Crippen LogP contribution in [0, 0.1) is 22.7 Å². The van der Waals surface area contributed by atoms with E-state index in [0.717, 1.165) is 23.3 Å². The molecule has 0 aromatic heterocycles. The number of hydrogen-bond acceptors (Lipinski definition) is 5. The Morgan fingerprint density at radius 1 is 1.16 bits per heavy atom. The molecule has 1 spiro atoms. The Bertz CT molecular complexity index is 746. The minimum atomic E-state index is -0.876. The molecule has 1 aliphatic carbocycles. The van der Waals surface area contributed by atoms with Gasteiger partial charge in [0.2, 0.25) is 11.8 Å². The number of piperidine rings is 1. The molecule has 0 radical (unpaired) electrons. The van der Waals surface area contributed by atoms with Crippen molar-refractivity contribution in [2.24, 2.45) is 11.3 Å². The molecule has 2 amide bonds. The van der Waals surface area contributed by atoms with Gasteiger partial charge in [-0.2, -0.15) is 5.26 Å². The first-order valence-corrected chi connectivity index (χ1v) is 8.43. The van der Waals surface area contributed by atoms with Crippen molar-refractivity contribution in [3.8, 4) is 17.6 Å². The van der Waals surface area contributed by atoms with E-state index in [-0.39, 0.29) is 5.91 Å². The number of amides is 2. The molecule has 1 heterocycles. The van der Waals surface area contributed by atoms with Gasteiger partial charge in [0, 0.05) is 13.0 Å². The van der Waals surface area contributed by atoms with E-state index >= 15 is 0 Å². The van der Waals surface area contributed by atoms with E-state index in [1.807, 2.05) is 6.07 Å². The van der Waals surface area contributed by atoms with Gasteiger partial charge < -0.3 is 9.47 Å². The number of rotatable bonds is 3. The first kappa shape index (κ1) is 17.3. The predicted octanol–water partition coefficient (Wildman–Crippen LogP) is 2.49. The molecule has 6 heteroatoms. The maximum Gasteiger partial charge on any atom is 0.246 e. The maximum atomic E-state index is 13.0. The van der Waals surface area contributed by atoms with Crippen LogP contribution in [-0.4, -0.2) is 38.0 Å². The summed E-state index contributed by atoms with van der Waals surface area (Å²) in [6.07, 6.45) is 3.24. The first-order valence-electron chi connectivity index (χ1n) is 8.43. The highest BCUT2D eigenvalue weighted by Crippen LogP contribution is 2.56. The highest BCUT2D eigenvalue weighted by atomic mass is 16.5. The monoisotopic (exact) mass is 342 g/mol. The number of methoxy groups -OCH3 is 2. The molecule has 132 valence electrons. The lowest BCUT2D eigenvalue weighted by Gasteiger charge is -2.45. The Morgan fingerprint density at radius 3 is 2.36 bits per heavy atom. The van der Waals surface area contributed by atoms with Crippen LogP contribution in [0.25, 0.3) is 0 Å². The number of ether oxygens (including phenoxy) is 2. The van der Waals surface area contributed by atoms with E-state index in [2.05, 4.69) is 6.07 Å². The zero-order valence-electron chi connectivity index (χ0n) is 14.7. The highest BCUT2D eigenvalue weighted by Gasteiger charge is 2.58. The second kappa shape index (κ2) is 6.40. The van der Waals surface area contributed by atoms with Crippen LogP contribution in [0.1, 0.15) is 37.2 Å². The third-order valence-electron chi connectivity index (χ3n) is 5.66. The van der Waals surface area contributed by atoms with E-state index in [0.29, 0.717) is 24.3 Å². The molecular weight excluding hydrogens is 320 g/mol. The van der Waals surface area contributed by atoms with Crippen LogP contribution < -0.4 is 9.47 Å². The molecule has 2 unspecified atom stereocenters. The van der Waals surface area contributed by atoms with Crippen molar-refractivity contribution < 1.29 is 19.1 Å². The molecular formula is C19H22N2O4. The summed E-state index contributed by atoms with van der Waals surface area (Å²) in [6, 6.07) is 7.54. The number of imide groups is 1. The summed E-state index contributed by atoms with van der Waals surface area (Å²) < 4.78 is 10.7. The number of likely N-dealkylation sites (tertiary alicyclic amines) is 1. The summed E-state index contributed by atoms with van der Waals surface area (Å²) >= 11 is 0. The van der Waals surface area contributed by atoms with Crippen molar-refractivity contribution in [3.63, 3.8) is 0 Å². The minimum absolute atomic E-state index is 0.165. The first-order chi connectivity index (χ1) is 12.0. The standard InChI is InChI=1S/C19H22N2O4/c1-21-17(22)13(11-20)16(19(18(21)23)8-4-5-9-19)12-6-7-14(24-2)15(10-12)25-3/h6-7,10,13,16H,4-5,8-9H2,1-3H3. The van der Waals surface area contributed by atoms with Crippen molar-refractivity contribution in [1.29, 1.82) is 5.26 Å². The van der Waals surface area contributed by atoms with E-state index in [4.69, 9.17) is 9.47 Å². The van der Waals surface area contributed by atoms with E-state index in [9.17, 15) is 14.9 Å². The molecule has 0 bridgehead atoms. The molecule has 1 saturated heterocycles. The van der Waals surface area contributed by atoms with Crippen molar-refractivity contribution in [2.45, 2.75) is 31.6 Å². The van der Waals surface area contributed by atoms with Crippen molar-refractivity contribution in [3.05, 3.63) is 23.8 Å². The SMILES string of the molecule is COc1ccc(C2C(C#N)C(=O)N(C)C(=O)C23CCCC3)cc1OC. The summed E-state index contributed by atoms with van der Waals surface area (Å²) in [7, 11) is 4.58. The van der Waals surface area contributed by atoms with E-state index in [1.54, 1.807) is 26.4 Å². The third-order valence-corrected chi connectivity index (χ3v) is 5.66. The molecule has 0 N–H and O–H groups in total. The summed E-state index contributed by atoms with van der Waals surface area (Å²) in [5.74, 6) is -0.824. The number of carbonyl (C=O) groups is 2. The van der Waals surface area contributed by atoms with Crippen molar-refractivity contribution >= 4 is 11.8 Å². The Morgan fingerprint density at radius 2 is 1.80 bits per heavy atom. The quantitative estimate of drug-likeness (QED) is 0.789. The lowest BCUT2D eigenvalue weighted by molar-refractivity contribution is -0.160. The lowest BCUT2D eigenvalue weighted by atomic mass is 9.62. The summed E-state index contributed by atoms with van der Waals surface area (Å²) in [5, 5.41) is 9.70. The maximum absolute atomic E-state index is 13.0. The fourth-order valence-corrected chi connectivity index (χ4v) is 4.46. The van der Waals surface area contributed by atoms with Crippen LogP contribution >= 0.6 is 0 Å². The van der Waals surface area contributed by atoms with E-state index < -0.39 is 23.2 Å². The molecule has 1 aromatic carbocycles. The van der Waals surface area contributed by atoms with Gasteiger partial charge in [-0.15, -0.1) is 0 Å². The molecule has 3 rings (SSSR count). The van der Waals surface area contributed by atoms with Gasteiger partial charge in [0.1, 0.15) is 5.92 Å². The van der Waals surface area contributed by atoms with Gasteiger partial charge in [0.15, 0.2) is 11.5 Å². The topological polar surface area (TPSA) is 79.6 Å². The number of nitriles is 1. The third kappa shape index (κ3) is 2.46. The molecule has 25 heavy (non-hydrogen) atoms. The average molecular weight is 342 g/mol. The zero-order valence-corrected chi connectivity index (χ0v) is 14.7. The minimum Gasteiger partial charge on any atom is -0.493 e. The second-order valence-electron chi connectivity index (χ2n) is 6.76. The predicted molar refractivity (Wildman–Crippen MR) is 90.1 cm³/mol. The van der Waals surface area contributed by atoms with Crippen LogP contribution in [-0.2, 0) is 9.59 Å². The van der Waals surface area contributed by atoms with Gasteiger partial charge in [0.25, 0.3) is 0 Å². The van der Waals surface area contributed by atoms with Crippen LogP contribution in [0.5, 0.6) is 11.5 Å². The van der Waals surface area contributed by atoms with Crippen LogP contribution in [0.2, 0.25) is 0 Å². The Labute approximate surface area is 147 Å². The van der Waals surface area contributed by atoms with Gasteiger partial charge in [-0.25, -0.2) is 0 Å². The van der Waals surface area contributed by atoms with Crippen molar-refractivity contribution in [1.82, 2.24) is 4.90 Å². The molecule has 1 aliphatic heterocycles. The smallest absolute Gasteiger partial charge is 0.246 e. The Hall–Kier alpha value is -2.55. The Kier molecular flexibility index (Phi) is 4.42. The van der Waals surface area contributed by atoms with E-state index in [1.165, 1.54) is 7.05 Å². The average Bonchev–Trinajstić information content (AvgIpc) is 3.12. The summed E-state index contributed by atoms with van der Waals surface area (Å²) in [5.41, 5.74) is 0.0868. The normalized spacial score (nSPS) is 25.1. The molecule has 2 aliphatic rings. The van der Waals surface area contributed by atoms with Crippen LogP contribution in [0.4, 0.5) is 0 Å². The number of nitrogens with zero attached hydrogens (tertiary/aromatic N) is 2. The number of hydrogen-bond donors (Lipinski definition) is 0. The summed E-state index contributed by atoms with van der Waals surface area (Å²) in [6.45, 7) is 0.